The van der Waals surface area contributed by atoms with E-state index in [9.17, 15) is 4.79 Å². The van der Waals surface area contributed by atoms with Gasteiger partial charge in [0, 0.05) is 41.9 Å². The molecule has 0 atom stereocenters. The average molecular weight is 515 g/mol. The van der Waals surface area contributed by atoms with Gasteiger partial charge in [0.15, 0.2) is 5.11 Å². The third-order valence-corrected chi connectivity index (χ3v) is 6.16. The van der Waals surface area contributed by atoms with Crippen molar-refractivity contribution in [2.45, 2.75) is 13.8 Å². The fourth-order valence-corrected chi connectivity index (χ4v) is 3.68. The topological polar surface area (TPSA) is 50.9 Å². The molecule has 2 amide bonds. The number of carbonyl (C=O) groups is 1. The Morgan fingerprint density at radius 3 is 2.06 bits per heavy atom. The molecule has 0 heterocycles. The van der Waals surface area contributed by atoms with Gasteiger partial charge < -0.3 is 20.4 Å². The second-order valence-electron chi connectivity index (χ2n) is 6.97. The van der Waals surface area contributed by atoms with E-state index in [1.807, 2.05) is 29.2 Å². The normalized spacial score (nSPS) is 10.7. The Hall–Kier alpha value is -1.71. The van der Waals surface area contributed by atoms with E-state index in [1.165, 1.54) is 4.31 Å². The number of urea groups is 1. The van der Waals surface area contributed by atoms with Crippen molar-refractivity contribution in [1.29, 1.82) is 0 Å². The predicted octanol–water partition coefficient (Wildman–Crippen LogP) is 5.40. The van der Waals surface area contributed by atoms with Crippen molar-refractivity contribution in [3.8, 4) is 0 Å². The molecule has 0 spiro atoms. The molecule has 2 N–H and O–H groups in total. The molecule has 0 unspecified atom stereocenters. The summed E-state index contributed by atoms with van der Waals surface area (Å²) in [4.78, 5) is 16.9. The summed E-state index contributed by atoms with van der Waals surface area (Å²) in [6, 6.07) is 13.9. The minimum atomic E-state index is -0.323. The van der Waals surface area contributed by atoms with E-state index < -0.39 is 0 Å². The first-order valence-electron chi connectivity index (χ1n) is 10.4. The van der Waals surface area contributed by atoms with Gasteiger partial charge >= 0.3 is 6.03 Å². The lowest BCUT2D eigenvalue weighted by molar-refractivity contribution is 0.246. The molecule has 0 saturated carbocycles. The fraction of sp³-hybridized carbons (Fsp3) is 0.364. The summed E-state index contributed by atoms with van der Waals surface area (Å²) in [6.45, 7) is 8.76. The van der Waals surface area contributed by atoms with Crippen LogP contribution in [0.4, 0.5) is 16.2 Å². The summed E-state index contributed by atoms with van der Waals surface area (Å²) in [5.74, 6) is 0. The first kappa shape index (κ1) is 26.5. The van der Waals surface area contributed by atoms with Crippen LogP contribution in [0.25, 0.3) is 0 Å². The SMILES string of the molecule is CCN(CC)CCN(CCNC(=O)N(S)c1ccc(Cl)cc1)C(=S)Nc1ccc(Cl)cc1. The Kier molecular flexibility index (Phi) is 11.4. The minimum absolute atomic E-state index is 0.323. The summed E-state index contributed by atoms with van der Waals surface area (Å²) in [5, 5.41) is 7.99. The quantitative estimate of drug-likeness (QED) is 0.293. The van der Waals surface area contributed by atoms with Gasteiger partial charge in [0.05, 0.1) is 5.69 Å². The highest BCUT2D eigenvalue weighted by molar-refractivity contribution is 7.82. The molecule has 0 aliphatic carbocycles. The molecule has 0 aromatic heterocycles. The molecule has 2 aromatic rings. The zero-order chi connectivity index (χ0) is 23.5. The van der Waals surface area contributed by atoms with Gasteiger partial charge in [0.1, 0.15) is 0 Å². The van der Waals surface area contributed by atoms with Gasteiger partial charge in [-0.2, -0.15) is 0 Å². The Balaban J connectivity index is 1.95. The number of nitrogens with one attached hydrogen (secondary N) is 2. The van der Waals surface area contributed by atoms with Crippen LogP contribution in [0.1, 0.15) is 13.8 Å². The van der Waals surface area contributed by atoms with Crippen LogP contribution >= 0.6 is 48.2 Å². The number of anilines is 2. The van der Waals surface area contributed by atoms with Crippen LogP contribution in [0.5, 0.6) is 0 Å². The molecule has 174 valence electrons. The molecular formula is C22H29Cl2N5OS2. The predicted molar refractivity (Wildman–Crippen MR) is 143 cm³/mol. The lowest BCUT2D eigenvalue weighted by Gasteiger charge is -2.29. The van der Waals surface area contributed by atoms with Crippen molar-refractivity contribution >= 4 is 70.8 Å². The number of nitrogens with zero attached hydrogens (tertiary/aromatic N) is 3. The van der Waals surface area contributed by atoms with Crippen LogP contribution in [0, 0.1) is 0 Å². The van der Waals surface area contributed by atoms with Crippen molar-refractivity contribution in [3.63, 3.8) is 0 Å². The summed E-state index contributed by atoms with van der Waals surface area (Å²) in [7, 11) is 0. The highest BCUT2D eigenvalue weighted by Crippen LogP contribution is 2.19. The van der Waals surface area contributed by atoms with Crippen LogP contribution in [-0.2, 0) is 0 Å². The summed E-state index contributed by atoms with van der Waals surface area (Å²) in [6.07, 6.45) is 0. The summed E-state index contributed by atoms with van der Waals surface area (Å²) < 4.78 is 1.25. The molecule has 0 fully saturated rings. The van der Waals surface area contributed by atoms with E-state index in [2.05, 4.69) is 42.2 Å². The van der Waals surface area contributed by atoms with Gasteiger partial charge in [-0.15, -0.1) is 0 Å². The molecule has 10 heteroatoms. The van der Waals surface area contributed by atoms with E-state index in [-0.39, 0.29) is 6.03 Å². The summed E-state index contributed by atoms with van der Waals surface area (Å²) in [5.41, 5.74) is 1.49. The molecule has 2 rings (SSSR count). The van der Waals surface area contributed by atoms with E-state index in [4.69, 9.17) is 35.4 Å². The third kappa shape index (κ3) is 8.67. The maximum absolute atomic E-state index is 12.5. The Labute approximate surface area is 211 Å². The smallest absolute Gasteiger partial charge is 0.331 e. The van der Waals surface area contributed by atoms with Gasteiger partial charge in [0.2, 0.25) is 0 Å². The van der Waals surface area contributed by atoms with Crippen molar-refractivity contribution in [2.75, 3.05) is 48.9 Å². The van der Waals surface area contributed by atoms with Crippen molar-refractivity contribution in [1.82, 2.24) is 15.1 Å². The first-order valence-corrected chi connectivity index (χ1v) is 12.0. The number of thiol groups is 1. The van der Waals surface area contributed by atoms with Crippen molar-refractivity contribution in [2.24, 2.45) is 0 Å². The van der Waals surface area contributed by atoms with Gasteiger partial charge in [0.25, 0.3) is 0 Å². The number of likely N-dealkylation sites (N-methyl/N-ethyl adjacent to an activating group) is 1. The molecule has 0 aliphatic heterocycles. The lowest BCUT2D eigenvalue weighted by Crippen LogP contribution is -2.45. The number of hydrogen-bond donors (Lipinski definition) is 3. The fourth-order valence-electron chi connectivity index (χ4n) is 2.92. The molecule has 32 heavy (non-hydrogen) atoms. The Morgan fingerprint density at radius 2 is 1.50 bits per heavy atom. The monoisotopic (exact) mass is 513 g/mol. The molecule has 6 nitrogen and oxygen atoms in total. The van der Waals surface area contributed by atoms with Crippen molar-refractivity contribution in [3.05, 3.63) is 58.6 Å². The molecule has 0 bridgehead atoms. The van der Waals surface area contributed by atoms with E-state index in [1.54, 1.807) is 24.3 Å². The Bertz CT molecular complexity index is 864. The molecule has 0 aliphatic rings. The van der Waals surface area contributed by atoms with Crippen LogP contribution in [0.3, 0.4) is 0 Å². The highest BCUT2D eigenvalue weighted by Gasteiger charge is 2.15. The number of hydrogen-bond acceptors (Lipinski definition) is 4. The molecular weight excluding hydrogens is 485 g/mol. The van der Waals surface area contributed by atoms with E-state index in [0.29, 0.717) is 33.9 Å². The van der Waals surface area contributed by atoms with Crippen LogP contribution < -0.4 is 14.9 Å². The average Bonchev–Trinajstić information content (AvgIpc) is 2.79. The molecule has 0 radical (unpaired) electrons. The van der Waals surface area contributed by atoms with Gasteiger partial charge in [-0.1, -0.05) is 49.9 Å². The standard InChI is InChI=1S/C22H29Cl2N5OS2/c1-3-27(4-2)15-16-28(22(31)26-19-9-5-17(23)6-10-19)14-13-25-21(30)29(32)20-11-7-18(24)8-12-20/h5-12,32H,3-4,13-16H2,1-2H3,(H,25,30)(H,26,31). The largest absolute Gasteiger partial charge is 0.346 e. The third-order valence-electron chi connectivity index (χ3n) is 4.88. The second-order valence-corrected chi connectivity index (χ2v) is 8.63. The molecule has 2 aromatic carbocycles. The number of halogens is 2. The van der Waals surface area contributed by atoms with Crippen LogP contribution in [-0.4, -0.2) is 60.2 Å². The zero-order valence-corrected chi connectivity index (χ0v) is 21.4. The second kappa shape index (κ2) is 13.7. The number of amides is 2. The van der Waals surface area contributed by atoms with E-state index >= 15 is 0 Å². The molecule has 0 saturated heterocycles. The highest BCUT2D eigenvalue weighted by atomic mass is 35.5. The van der Waals surface area contributed by atoms with Gasteiger partial charge in [-0.25, -0.2) is 9.10 Å². The maximum Gasteiger partial charge on any atom is 0.331 e. The number of benzene rings is 2. The number of carbonyl (C=O) groups excluding carboxylic acids is 1. The minimum Gasteiger partial charge on any atom is -0.346 e. The van der Waals surface area contributed by atoms with Crippen LogP contribution in [0.2, 0.25) is 10.0 Å². The number of thiocarbonyl (C=S) groups is 1. The first-order chi connectivity index (χ1) is 15.3. The summed E-state index contributed by atoms with van der Waals surface area (Å²) >= 11 is 21.8. The zero-order valence-electron chi connectivity index (χ0n) is 18.2. The van der Waals surface area contributed by atoms with Gasteiger partial charge in [-0.3, -0.25) is 0 Å². The van der Waals surface area contributed by atoms with Crippen LogP contribution in [0.15, 0.2) is 48.5 Å². The van der Waals surface area contributed by atoms with Crippen molar-refractivity contribution < 1.29 is 4.79 Å². The van der Waals surface area contributed by atoms with E-state index in [0.717, 1.165) is 31.9 Å². The number of rotatable bonds is 10. The Morgan fingerprint density at radius 1 is 0.938 bits per heavy atom. The lowest BCUT2D eigenvalue weighted by atomic mass is 10.3. The van der Waals surface area contributed by atoms with Gasteiger partial charge in [-0.05, 0) is 73.8 Å². The maximum atomic E-state index is 12.5.